The van der Waals surface area contributed by atoms with E-state index in [1.807, 2.05) is 0 Å². The zero-order valence-electron chi connectivity index (χ0n) is 9.83. The third-order valence-corrected chi connectivity index (χ3v) is 3.11. The second-order valence-electron chi connectivity index (χ2n) is 3.69. The molecule has 0 aliphatic heterocycles. The molecule has 0 aliphatic rings. The van der Waals surface area contributed by atoms with Crippen LogP contribution in [0.25, 0.3) is 0 Å². The van der Waals surface area contributed by atoms with Gasteiger partial charge in [-0.25, -0.2) is 9.97 Å². The number of halogens is 1. The lowest BCUT2D eigenvalue weighted by Crippen LogP contribution is -1.97. The van der Waals surface area contributed by atoms with Crippen LogP contribution in [-0.2, 0) is 0 Å². The van der Waals surface area contributed by atoms with Gasteiger partial charge in [-0.3, -0.25) is 10.1 Å². The molecule has 0 spiro atoms. The number of nitrogens with zero attached hydrogens (tertiary/aromatic N) is 3. The summed E-state index contributed by atoms with van der Waals surface area (Å²) in [6, 6.07) is 4.43. The quantitative estimate of drug-likeness (QED) is 0.687. The van der Waals surface area contributed by atoms with Gasteiger partial charge in [-0.2, -0.15) is 0 Å². The van der Waals surface area contributed by atoms with Gasteiger partial charge >= 0.3 is 0 Å². The summed E-state index contributed by atoms with van der Waals surface area (Å²) in [4.78, 5) is 18.0. The number of hydrogen-bond acceptors (Lipinski definition) is 6. The minimum absolute atomic E-state index is 0.0358. The summed E-state index contributed by atoms with van der Waals surface area (Å²) in [5, 5.41) is 10.7. The molecule has 0 saturated carbocycles. The molecular formula is C11H9BrN4O3. The molecule has 2 aromatic rings. The van der Waals surface area contributed by atoms with E-state index in [1.54, 1.807) is 13.0 Å². The van der Waals surface area contributed by atoms with Crippen LogP contribution in [0.2, 0.25) is 0 Å². The third kappa shape index (κ3) is 2.79. The van der Waals surface area contributed by atoms with Crippen LogP contribution in [0.15, 0.2) is 29.0 Å². The Morgan fingerprint density at radius 1 is 1.42 bits per heavy atom. The largest absolute Gasteiger partial charge is 0.438 e. The fraction of sp³-hybridized carbons (Fsp3) is 0.0909. The Morgan fingerprint density at radius 3 is 2.79 bits per heavy atom. The van der Waals surface area contributed by atoms with E-state index in [0.717, 1.165) is 0 Å². The lowest BCUT2D eigenvalue weighted by molar-refractivity contribution is -0.385. The Labute approximate surface area is 116 Å². The number of benzene rings is 1. The molecule has 0 atom stereocenters. The highest BCUT2D eigenvalue weighted by Gasteiger charge is 2.13. The summed E-state index contributed by atoms with van der Waals surface area (Å²) in [6.45, 7) is 1.63. The summed E-state index contributed by atoms with van der Waals surface area (Å²) in [5.74, 6) is 0.936. The number of nitrogens with two attached hydrogens (primary N) is 1. The predicted molar refractivity (Wildman–Crippen MR) is 72.1 cm³/mol. The molecular weight excluding hydrogens is 316 g/mol. The van der Waals surface area contributed by atoms with Gasteiger partial charge in [0.25, 0.3) is 5.69 Å². The van der Waals surface area contributed by atoms with Crippen molar-refractivity contribution in [1.29, 1.82) is 0 Å². The average molecular weight is 325 g/mol. The Hall–Kier alpha value is -2.22. The highest BCUT2D eigenvalue weighted by Crippen LogP contribution is 2.32. The predicted octanol–water partition coefficient (Wildman–Crippen LogP) is 2.83. The van der Waals surface area contributed by atoms with Gasteiger partial charge in [0, 0.05) is 11.6 Å². The first-order valence-corrected chi connectivity index (χ1v) is 5.97. The lowest BCUT2D eigenvalue weighted by atomic mass is 10.2. The molecule has 0 amide bonds. The standard InChI is InChI=1S/C11H9BrN4O3/c1-6-4-7(2-3-8(6)16(17)18)19-11-9(12)10(13)14-5-15-11/h2-5H,1H3,(H2,13,14,15). The molecule has 7 nitrogen and oxygen atoms in total. The van der Waals surface area contributed by atoms with Gasteiger partial charge in [0.05, 0.1) is 4.92 Å². The summed E-state index contributed by atoms with van der Waals surface area (Å²) in [5.41, 5.74) is 6.14. The number of hydrogen-bond donors (Lipinski definition) is 1. The topological polar surface area (TPSA) is 104 Å². The molecule has 19 heavy (non-hydrogen) atoms. The van der Waals surface area contributed by atoms with Gasteiger partial charge in [-0.1, -0.05) is 0 Å². The molecule has 8 heteroatoms. The summed E-state index contributed by atoms with van der Waals surface area (Å²) < 4.78 is 5.94. The fourth-order valence-electron chi connectivity index (χ4n) is 1.45. The number of rotatable bonds is 3. The molecule has 0 aliphatic carbocycles. The normalized spacial score (nSPS) is 10.2. The van der Waals surface area contributed by atoms with Crippen LogP contribution in [0.1, 0.15) is 5.56 Å². The molecule has 1 aromatic carbocycles. The molecule has 0 unspecified atom stereocenters. The van der Waals surface area contributed by atoms with E-state index in [-0.39, 0.29) is 17.4 Å². The van der Waals surface area contributed by atoms with E-state index < -0.39 is 4.92 Å². The average Bonchev–Trinajstić information content (AvgIpc) is 2.34. The number of nitrogen functional groups attached to an aromatic ring is 1. The van der Waals surface area contributed by atoms with Gasteiger partial charge in [0.15, 0.2) is 0 Å². The number of nitro groups is 1. The Kier molecular flexibility index (Phi) is 3.61. The van der Waals surface area contributed by atoms with Gasteiger partial charge in [-0.15, -0.1) is 0 Å². The maximum atomic E-state index is 10.7. The molecule has 0 saturated heterocycles. The molecule has 2 rings (SSSR count). The Balaban J connectivity index is 2.32. The van der Waals surface area contributed by atoms with Gasteiger partial charge in [-0.05, 0) is 35.0 Å². The second-order valence-corrected chi connectivity index (χ2v) is 4.48. The minimum atomic E-state index is -0.447. The Bertz CT molecular complexity index is 648. The maximum Gasteiger partial charge on any atom is 0.272 e. The monoisotopic (exact) mass is 324 g/mol. The molecule has 2 N–H and O–H groups in total. The molecule has 0 bridgehead atoms. The van der Waals surface area contributed by atoms with Gasteiger partial charge in [0.1, 0.15) is 22.4 Å². The van der Waals surface area contributed by atoms with Crippen molar-refractivity contribution in [2.75, 3.05) is 5.73 Å². The van der Waals surface area contributed by atoms with E-state index in [4.69, 9.17) is 10.5 Å². The van der Waals surface area contributed by atoms with Crippen molar-refractivity contribution in [3.05, 3.63) is 44.7 Å². The van der Waals surface area contributed by atoms with Crippen LogP contribution in [0.3, 0.4) is 0 Å². The van der Waals surface area contributed by atoms with E-state index in [1.165, 1.54) is 18.5 Å². The molecule has 1 aromatic heterocycles. The van der Waals surface area contributed by atoms with Crippen LogP contribution < -0.4 is 10.5 Å². The smallest absolute Gasteiger partial charge is 0.272 e. The third-order valence-electron chi connectivity index (χ3n) is 2.36. The Morgan fingerprint density at radius 2 is 2.16 bits per heavy atom. The van der Waals surface area contributed by atoms with Crippen LogP contribution in [0, 0.1) is 17.0 Å². The summed E-state index contributed by atoms with van der Waals surface area (Å²) in [6.07, 6.45) is 1.27. The first-order chi connectivity index (χ1) is 8.99. The fourth-order valence-corrected chi connectivity index (χ4v) is 1.73. The van der Waals surface area contributed by atoms with Crippen molar-refractivity contribution in [2.45, 2.75) is 6.92 Å². The number of ether oxygens (including phenoxy) is 1. The minimum Gasteiger partial charge on any atom is -0.438 e. The van der Waals surface area contributed by atoms with Crippen molar-refractivity contribution in [2.24, 2.45) is 0 Å². The number of aromatic nitrogens is 2. The van der Waals surface area contributed by atoms with Gasteiger partial charge in [0.2, 0.25) is 5.88 Å². The number of anilines is 1. The van der Waals surface area contributed by atoms with Crippen molar-refractivity contribution in [3.8, 4) is 11.6 Å². The molecule has 1 heterocycles. The number of nitro benzene ring substituents is 1. The summed E-state index contributed by atoms with van der Waals surface area (Å²) in [7, 11) is 0. The van der Waals surface area contributed by atoms with Gasteiger partial charge < -0.3 is 10.5 Å². The van der Waals surface area contributed by atoms with Crippen LogP contribution >= 0.6 is 15.9 Å². The highest BCUT2D eigenvalue weighted by molar-refractivity contribution is 9.10. The van der Waals surface area contributed by atoms with E-state index >= 15 is 0 Å². The lowest BCUT2D eigenvalue weighted by Gasteiger charge is -2.07. The van der Waals surface area contributed by atoms with E-state index in [9.17, 15) is 10.1 Å². The van der Waals surface area contributed by atoms with Crippen molar-refractivity contribution in [1.82, 2.24) is 9.97 Å². The first kappa shape index (κ1) is 13.2. The zero-order chi connectivity index (χ0) is 14.0. The van der Waals surface area contributed by atoms with E-state index in [0.29, 0.717) is 15.8 Å². The number of aryl methyl sites for hydroxylation is 1. The van der Waals surface area contributed by atoms with Crippen LogP contribution in [0.5, 0.6) is 11.6 Å². The van der Waals surface area contributed by atoms with E-state index in [2.05, 4.69) is 25.9 Å². The first-order valence-electron chi connectivity index (χ1n) is 5.18. The van der Waals surface area contributed by atoms with Crippen LogP contribution in [0.4, 0.5) is 11.5 Å². The second kappa shape index (κ2) is 5.19. The van der Waals surface area contributed by atoms with Crippen molar-refractivity contribution in [3.63, 3.8) is 0 Å². The molecule has 0 radical (unpaired) electrons. The van der Waals surface area contributed by atoms with Crippen LogP contribution in [-0.4, -0.2) is 14.9 Å². The highest BCUT2D eigenvalue weighted by atomic mass is 79.9. The molecule has 0 fully saturated rings. The molecule has 98 valence electrons. The van der Waals surface area contributed by atoms with Crippen molar-refractivity contribution < 1.29 is 9.66 Å². The SMILES string of the molecule is Cc1cc(Oc2ncnc(N)c2Br)ccc1[N+](=O)[O-]. The van der Waals surface area contributed by atoms with Crippen molar-refractivity contribution >= 4 is 27.4 Å². The summed E-state index contributed by atoms with van der Waals surface area (Å²) >= 11 is 3.21. The zero-order valence-corrected chi connectivity index (χ0v) is 11.4. The maximum absolute atomic E-state index is 10.7.